The lowest BCUT2D eigenvalue weighted by molar-refractivity contribution is -0.115. The second-order valence-corrected chi connectivity index (χ2v) is 12.9. The quantitative estimate of drug-likeness (QED) is 0.0975. The molecule has 1 aliphatic carbocycles. The first kappa shape index (κ1) is 30.6. The molecule has 7 nitrogen and oxygen atoms in total. The lowest BCUT2D eigenvalue weighted by Crippen LogP contribution is -2.20. The number of carbonyl (C=O) groups excluding carboxylic acids is 2. The molecule has 2 atom stereocenters. The summed E-state index contributed by atoms with van der Waals surface area (Å²) in [5, 5.41) is 9.89. The number of methoxy groups -OCH3 is 2. The Morgan fingerprint density at radius 3 is 2.51 bits per heavy atom. The summed E-state index contributed by atoms with van der Waals surface area (Å²) in [6.07, 6.45) is 2.70. The van der Waals surface area contributed by atoms with E-state index < -0.39 is 11.2 Å². The van der Waals surface area contributed by atoms with E-state index in [1.54, 1.807) is 7.11 Å². The summed E-state index contributed by atoms with van der Waals surface area (Å²) in [6.45, 7) is 2.21. The maximum atomic E-state index is 13.9. The highest BCUT2D eigenvalue weighted by Gasteiger charge is 2.31. The highest BCUT2D eigenvalue weighted by molar-refractivity contribution is 8.00. The molecule has 10 heteroatoms. The Morgan fingerprint density at radius 2 is 1.74 bits per heavy atom. The fourth-order valence-corrected chi connectivity index (χ4v) is 7.76. The van der Waals surface area contributed by atoms with Crippen LogP contribution in [0, 0.1) is 5.92 Å². The first-order valence-corrected chi connectivity index (χ1v) is 16.0. The molecule has 0 saturated carbocycles. The molecule has 4 aromatic rings. The summed E-state index contributed by atoms with van der Waals surface area (Å²) in [5.74, 6) is 0.595. The second-order valence-electron chi connectivity index (χ2n) is 10.3. The van der Waals surface area contributed by atoms with Crippen LogP contribution in [-0.2, 0) is 22.4 Å². The fourth-order valence-electron chi connectivity index (χ4n) is 5.05. The molecule has 0 aliphatic heterocycles. The first-order chi connectivity index (χ1) is 20.9. The van der Waals surface area contributed by atoms with Gasteiger partial charge in [0.1, 0.15) is 16.0 Å². The van der Waals surface area contributed by atoms with Crippen LogP contribution in [0.2, 0.25) is 0 Å². The van der Waals surface area contributed by atoms with E-state index in [9.17, 15) is 9.59 Å². The normalized spacial score (nSPS) is 14.6. The molecule has 0 bridgehead atoms. The molecule has 222 valence electrons. The van der Waals surface area contributed by atoms with Crippen LogP contribution in [0.5, 0.6) is 5.75 Å². The molecular weight excluding hydrogens is 599 g/mol. The van der Waals surface area contributed by atoms with E-state index >= 15 is 0 Å². The Bertz CT molecular complexity index is 1620. The molecule has 0 radical (unpaired) electrons. The Morgan fingerprint density at radius 1 is 0.977 bits per heavy atom. The third kappa shape index (κ3) is 7.38. The number of esters is 1. The lowest BCUT2D eigenvalue weighted by atomic mass is 9.88. The van der Waals surface area contributed by atoms with Crippen molar-refractivity contribution in [2.45, 2.75) is 36.3 Å². The molecule has 1 aliphatic rings. The van der Waals surface area contributed by atoms with Crippen LogP contribution in [0.3, 0.4) is 0 Å². The Labute approximate surface area is 265 Å². The maximum absolute atomic E-state index is 13.9. The highest BCUT2D eigenvalue weighted by Crippen LogP contribution is 2.42. The minimum Gasteiger partial charge on any atom is -0.495 e. The van der Waals surface area contributed by atoms with E-state index in [1.807, 2.05) is 78.9 Å². The van der Waals surface area contributed by atoms with Crippen molar-refractivity contribution >= 4 is 68.7 Å². The van der Waals surface area contributed by atoms with E-state index in [-0.39, 0.29) is 5.91 Å². The van der Waals surface area contributed by atoms with Crippen LogP contribution in [0.25, 0.3) is 0 Å². The number of thiophene rings is 1. The van der Waals surface area contributed by atoms with Crippen LogP contribution in [-0.4, -0.2) is 31.2 Å². The Kier molecular flexibility index (Phi) is 10.0. The molecule has 3 aromatic carbocycles. The number of anilines is 3. The number of nitrogens with one attached hydrogen (secondary N) is 3. The molecule has 5 rings (SSSR count). The number of para-hydroxylation sites is 2. The summed E-state index contributed by atoms with van der Waals surface area (Å²) >= 11 is 8.46. The lowest BCUT2D eigenvalue weighted by Gasteiger charge is -2.19. The number of fused-ring (bicyclic) bond motifs is 1. The molecule has 1 aromatic heterocycles. The minimum absolute atomic E-state index is 0.209. The van der Waals surface area contributed by atoms with E-state index in [1.165, 1.54) is 30.2 Å². The molecule has 1 amide bonds. The summed E-state index contributed by atoms with van der Waals surface area (Å²) in [5.41, 5.74) is 3.88. The van der Waals surface area contributed by atoms with E-state index in [2.05, 4.69) is 22.9 Å². The standard InChI is InChI=1S/C33H33N3O4S3/c1-20-16-17-24-27(18-20)43-31(28(24)32(38)40-3)36-30(37)29(21-10-5-4-6-11-21)42-23-13-9-12-22(19-23)34-33(41)35-25-14-7-8-15-26(25)39-2/h4-15,19-20,29H,16-18H2,1-3H3,(H,36,37)(H2,34,35,41). The minimum atomic E-state index is -0.571. The molecule has 43 heavy (non-hydrogen) atoms. The number of amides is 1. The van der Waals surface area contributed by atoms with E-state index in [4.69, 9.17) is 21.7 Å². The number of ether oxygens (including phenoxy) is 2. The Hall–Kier alpha value is -3.86. The smallest absolute Gasteiger partial charge is 0.341 e. The Balaban J connectivity index is 1.37. The van der Waals surface area contributed by atoms with Crippen molar-refractivity contribution < 1.29 is 19.1 Å². The van der Waals surface area contributed by atoms with Crippen LogP contribution in [0.4, 0.5) is 16.4 Å². The summed E-state index contributed by atoms with van der Waals surface area (Å²) in [4.78, 5) is 28.8. The number of rotatable bonds is 9. The fraction of sp³-hybridized carbons (Fsp3) is 0.242. The zero-order valence-corrected chi connectivity index (χ0v) is 26.6. The predicted molar refractivity (Wildman–Crippen MR) is 180 cm³/mol. The van der Waals surface area contributed by atoms with Crippen molar-refractivity contribution in [1.82, 2.24) is 0 Å². The van der Waals surface area contributed by atoms with E-state index in [0.717, 1.165) is 51.5 Å². The van der Waals surface area contributed by atoms with Gasteiger partial charge in [-0.15, -0.1) is 23.1 Å². The largest absolute Gasteiger partial charge is 0.495 e. The summed E-state index contributed by atoms with van der Waals surface area (Å²) in [7, 11) is 2.99. The third-order valence-electron chi connectivity index (χ3n) is 7.18. The number of thiocarbonyl (C=S) groups is 1. The van der Waals surface area contributed by atoms with Crippen molar-refractivity contribution in [3.63, 3.8) is 0 Å². The van der Waals surface area contributed by atoms with Crippen molar-refractivity contribution in [3.8, 4) is 5.75 Å². The van der Waals surface area contributed by atoms with Crippen molar-refractivity contribution in [2.75, 3.05) is 30.2 Å². The van der Waals surface area contributed by atoms with Crippen LogP contribution >= 0.6 is 35.3 Å². The van der Waals surface area contributed by atoms with Gasteiger partial charge in [0.2, 0.25) is 5.91 Å². The van der Waals surface area contributed by atoms with Gasteiger partial charge in [-0.25, -0.2) is 4.79 Å². The van der Waals surface area contributed by atoms with Crippen LogP contribution in [0.15, 0.2) is 83.8 Å². The summed E-state index contributed by atoms with van der Waals surface area (Å²) < 4.78 is 10.5. The van der Waals surface area contributed by atoms with Crippen molar-refractivity contribution in [2.24, 2.45) is 5.92 Å². The number of benzene rings is 3. The molecule has 0 spiro atoms. The molecule has 2 unspecified atom stereocenters. The van der Waals surface area contributed by atoms with Gasteiger partial charge < -0.3 is 25.4 Å². The van der Waals surface area contributed by atoms with Gasteiger partial charge in [-0.1, -0.05) is 55.5 Å². The number of thioether (sulfide) groups is 1. The molecule has 0 fully saturated rings. The summed E-state index contributed by atoms with van der Waals surface area (Å²) in [6, 6.07) is 24.9. The zero-order valence-electron chi connectivity index (χ0n) is 24.1. The number of hydrogen-bond donors (Lipinski definition) is 3. The SMILES string of the molecule is COC(=O)c1c(NC(=O)C(Sc2cccc(NC(=S)Nc3ccccc3OC)c2)c2ccccc2)sc2c1CCC(C)C2. The maximum Gasteiger partial charge on any atom is 0.341 e. The average Bonchev–Trinajstić information content (AvgIpc) is 3.36. The second kappa shape index (κ2) is 14.1. The molecule has 1 heterocycles. The number of hydrogen-bond acceptors (Lipinski definition) is 7. The molecule has 3 N–H and O–H groups in total. The van der Waals surface area contributed by atoms with Crippen LogP contribution < -0.4 is 20.7 Å². The third-order valence-corrected chi connectivity index (χ3v) is 9.80. The van der Waals surface area contributed by atoms with E-state index in [0.29, 0.717) is 27.3 Å². The average molecular weight is 632 g/mol. The zero-order chi connectivity index (χ0) is 30.3. The van der Waals surface area contributed by atoms with Gasteiger partial charge in [-0.3, -0.25) is 4.79 Å². The first-order valence-electron chi connectivity index (χ1n) is 13.9. The monoisotopic (exact) mass is 631 g/mol. The molecule has 0 saturated heterocycles. The molecular formula is C33H33N3O4S3. The topological polar surface area (TPSA) is 88.7 Å². The van der Waals surface area contributed by atoms with Gasteiger partial charge in [0.05, 0.1) is 25.5 Å². The van der Waals surface area contributed by atoms with Gasteiger partial charge in [0, 0.05) is 15.5 Å². The number of carbonyl (C=O) groups is 2. The van der Waals surface area contributed by atoms with Gasteiger partial charge in [-0.05, 0) is 78.9 Å². The highest BCUT2D eigenvalue weighted by atomic mass is 32.2. The van der Waals surface area contributed by atoms with Crippen molar-refractivity contribution in [3.05, 3.63) is 100 Å². The van der Waals surface area contributed by atoms with Crippen molar-refractivity contribution in [1.29, 1.82) is 0 Å². The van der Waals surface area contributed by atoms with Gasteiger partial charge in [-0.2, -0.15) is 0 Å². The van der Waals surface area contributed by atoms with Gasteiger partial charge in [0.25, 0.3) is 0 Å². The van der Waals surface area contributed by atoms with Crippen LogP contribution in [0.1, 0.15) is 45.0 Å². The van der Waals surface area contributed by atoms with Gasteiger partial charge >= 0.3 is 5.97 Å². The van der Waals surface area contributed by atoms with Gasteiger partial charge in [0.15, 0.2) is 5.11 Å². The predicted octanol–water partition coefficient (Wildman–Crippen LogP) is 7.95.